The monoisotopic (exact) mass is 546 g/mol. The van der Waals surface area contributed by atoms with Gasteiger partial charge in [0.05, 0.1) is 18.3 Å². The van der Waals surface area contributed by atoms with Gasteiger partial charge in [-0.25, -0.2) is 0 Å². The van der Waals surface area contributed by atoms with E-state index < -0.39 is 12.3 Å². The second-order valence-electron chi connectivity index (χ2n) is 10.1. The van der Waals surface area contributed by atoms with E-state index in [4.69, 9.17) is 0 Å². The van der Waals surface area contributed by atoms with Crippen LogP contribution in [0.1, 0.15) is 74.6 Å². The Morgan fingerprint density at radius 3 is 2.54 bits per heavy atom. The van der Waals surface area contributed by atoms with Crippen molar-refractivity contribution in [2.45, 2.75) is 78.6 Å². The van der Waals surface area contributed by atoms with Crippen LogP contribution < -0.4 is 10.1 Å². The van der Waals surface area contributed by atoms with Crippen molar-refractivity contribution in [3.8, 4) is 5.75 Å². The van der Waals surface area contributed by atoms with Gasteiger partial charge in [-0.05, 0) is 60.9 Å². The van der Waals surface area contributed by atoms with Crippen LogP contribution in [0.15, 0.2) is 42.6 Å². The van der Waals surface area contributed by atoms with Crippen LogP contribution in [0.2, 0.25) is 0 Å². The molecule has 0 unspecified atom stereocenters. The average molecular weight is 547 g/mol. The fourth-order valence-corrected chi connectivity index (χ4v) is 3.66. The summed E-state index contributed by atoms with van der Waals surface area (Å²) in [6.07, 6.45) is 1.30. The summed E-state index contributed by atoms with van der Waals surface area (Å²) < 4.78 is 42.7. The Morgan fingerprint density at radius 2 is 1.85 bits per heavy atom. The van der Waals surface area contributed by atoms with E-state index in [1.807, 2.05) is 0 Å². The first-order valence-corrected chi connectivity index (χ1v) is 12.8. The van der Waals surface area contributed by atoms with Gasteiger partial charge in [0, 0.05) is 13.0 Å². The van der Waals surface area contributed by atoms with E-state index in [2.05, 4.69) is 51.3 Å². The number of hydrogen-bond acceptors (Lipinski definition) is 7. The molecule has 2 heterocycles. The van der Waals surface area contributed by atoms with Gasteiger partial charge in [-0.3, -0.25) is 14.3 Å². The number of ketones is 1. The Kier molecular flexibility index (Phi) is 10.1. The molecule has 9 nitrogen and oxygen atoms in total. The number of anilines is 1. The Morgan fingerprint density at radius 1 is 1.05 bits per heavy atom. The number of carbonyl (C=O) groups excluding carboxylic acids is 2. The second-order valence-corrected chi connectivity index (χ2v) is 10.1. The maximum atomic E-state index is 12.4. The van der Waals surface area contributed by atoms with Gasteiger partial charge in [-0.15, -0.1) is 23.4 Å². The maximum Gasteiger partial charge on any atom is 0.573 e. The molecule has 39 heavy (non-hydrogen) atoms. The van der Waals surface area contributed by atoms with E-state index in [1.54, 1.807) is 23.0 Å². The number of hydrogen-bond donors (Lipinski definition) is 1. The van der Waals surface area contributed by atoms with Crippen LogP contribution in [0.3, 0.4) is 0 Å². The summed E-state index contributed by atoms with van der Waals surface area (Å²) in [5.74, 6) is -0.579. The van der Waals surface area contributed by atoms with E-state index in [0.717, 1.165) is 37.4 Å². The first-order chi connectivity index (χ1) is 18.4. The third-order valence-corrected chi connectivity index (χ3v) is 6.36. The smallest absolute Gasteiger partial charge is 0.406 e. The molecule has 0 aliphatic heterocycles. The Hall–Kier alpha value is -3.83. The van der Waals surface area contributed by atoms with Crippen molar-refractivity contribution in [3.63, 3.8) is 0 Å². The number of aryl methyl sites for hydroxylation is 2. The largest absolute Gasteiger partial charge is 0.573 e. The predicted molar refractivity (Wildman–Crippen MR) is 138 cm³/mol. The Labute approximate surface area is 225 Å². The minimum absolute atomic E-state index is 0.00854. The van der Waals surface area contributed by atoms with Crippen LogP contribution in [0, 0.1) is 5.41 Å². The number of amides is 1. The van der Waals surface area contributed by atoms with Crippen molar-refractivity contribution >= 4 is 17.5 Å². The molecule has 210 valence electrons. The van der Waals surface area contributed by atoms with Gasteiger partial charge in [0.1, 0.15) is 11.4 Å². The minimum atomic E-state index is -4.80. The Bertz CT molecular complexity index is 1240. The predicted octanol–water partition coefficient (Wildman–Crippen LogP) is 5.57. The highest BCUT2D eigenvalue weighted by Gasteiger charge is 2.31. The number of nitrogens with zero attached hydrogens (tertiary/aromatic N) is 5. The highest BCUT2D eigenvalue weighted by molar-refractivity contribution is 5.93. The standard InChI is InChI=1S/C27H33F3N6O3/c1-4-26(2,3)14-13-23(37)22-18-36(35-33-22)15-6-5-9-20-11-12-24(34-32-20)31-25(38)17-19-8-7-10-21(16-19)39-27(28,29)30/h7-8,10-12,16,18H,4-6,9,13-15,17H2,1-3H3,(H,31,34,38). The summed E-state index contributed by atoms with van der Waals surface area (Å²) >= 11 is 0. The number of carbonyl (C=O) groups is 2. The molecule has 2 aromatic heterocycles. The second kappa shape index (κ2) is 13.3. The van der Waals surface area contributed by atoms with Crippen molar-refractivity contribution in [3.05, 3.63) is 59.5 Å². The van der Waals surface area contributed by atoms with Crippen LogP contribution in [0.5, 0.6) is 5.75 Å². The third kappa shape index (κ3) is 10.5. The zero-order chi connectivity index (χ0) is 28.5. The lowest BCUT2D eigenvalue weighted by molar-refractivity contribution is -0.274. The summed E-state index contributed by atoms with van der Waals surface area (Å²) in [4.78, 5) is 24.7. The SMILES string of the molecule is CCC(C)(C)CCC(=O)c1cn(CCCCc2ccc(NC(=O)Cc3cccc(OC(F)(F)F)c3)nn2)nn1. The lowest BCUT2D eigenvalue weighted by atomic mass is 9.84. The van der Waals surface area contributed by atoms with Crippen LogP contribution in [-0.2, 0) is 24.2 Å². The highest BCUT2D eigenvalue weighted by atomic mass is 19.4. The van der Waals surface area contributed by atoms with Gasteiger partial charge in [0.15, 0.2) is 11.6 Å². The quantitative estimate of drug-likeness (QED) is 0.208. The normalized spacial score (nSPS) is 11.8. The molecule has 0 radical (unpaired) electrons. The van der Waals surface area contributed by atoms with Crippen molar-refractivity contribution in [2.75, 3.05) is 5.32 Å². The van der Waals surface area contributed by atoms with Gasteiger partial charge in [-0.1, -0.05) is 44.5 Å². The topological polar surface area (TPSA) is 112 Å². The molecule has 0 spiro atoms. The molecule has 0 fully saturated rings. The molecule has 0 saturated heterocycles. The van der Waals surface area contributed by atoms with Crippen LogP contribution >= 0.6 is 0 Å². The van der Waals surface area contributed by atoms with Crippen LogP contribution in [-0.4, -0.2) is 43.2 Å². The number of aromatic nitrogens is 5. The molecule has 12 heteroatoms. The number of alkyl halides is 3. The van der Waals surface area contributed by atoms with Crippen molar-refractivity contribution in [2.24, 2.45) is 5.41 Å². The molecule has 0 atom stereocenters. The summed E-state index contributed by atoms with van der Waals surface area (Å²) in [5, 5.41) is 18.8. The zero-order valence-electron chi connectivity index (χ0n) is 22.3. The van der Waals surface area contributed by atoms with E-state index in [-0.39, 0.29) is 29.2 Å². The summed E-state index contributed by atoms with van der Waals surface area (Å²) in [6.45, 7) is 7.04. The van der Waals surface area contributed by atoms with Gasteiger partial charge in [-0.2, -0.15) is 5.10 Å². The number of ether oxygens (including phenoxy) is 1. The molecular weight excluding hydrogens is 513 g/mol. The molecule has 3 rings (SSSR count). The van der Waals surface area contributed by atoms with Crippen LogP contribution in [0.25, 0.3) is 0 Å². The highest BCUT2D eigenvalue weighted by Crippen LogP contribution is 2.27. The number of Topliss-reactive ketones (excluding diaryl/α,β-unsaturated/α-hetero) is 1. The molecule has 0 saturated carbocycles. The fraction of sp³-hybridized carbons (Fsp3) is 0.481. The lowest BCUT2D eigenvalue weighted by Crippen LogP contribution is -2.18. The van der Waals surface area contributed by atoms with E-state index in [1.165, 1.54) is 18.2 Å². The first-order valence-electron chi connectivity index (χ1n) is 12.8. The molecule has 1 N–H and O–H groups in total. The van der Waals surface area contributed by atoms with E-state index in [9.17, 15) is 22.8 Å². The van der Waals surface area contributed by atoms with E-state index in [0.29, 0.717) is 30.6 Å². The molecular formula is C27H33F3N6O3. The van der Waals surface area contributed by atoms with Crippen molar-refractivity contribution in [1.29, 1.82) is 0 Å². The van der Waals surface area contributed by atoms with Gasteiger partial charge < -0.3 is 10.1 Å². The lowest BCUT2D eigenvalue weighted by Gasteiger charge is -2.21. The molecule has 0 aliphatic rings. The summed E-state index contributed by atoms with van der Waals surface area (Å²) in [7, 11) is 0. The van der Waals surface area contributed by atoms with Gasteiger partial charge in [0.2, 0.25) is 5.91 Å². The van der Waals surface area contributed by atoms with Crippen molar-refractivity contribution in [1.82, 2.24) is 25.2 Å². The number of rotatable bonds is 14. The molecule has 1 aromatic carbocycles. The first kappa shape index (κ1) is 29.7. The number of halogens is 3. The Balaban J connectivity index is 1.39. The summed E-state index contributed by atoms with van der Waals surface area (Å²) in [5.41, 5.74) is 1.64. The van der Waals surface area contributed by atoms with E-state index >= 15 is 0 Å². The molecule has 1 amide bonds. The maximum absolute atomic E-state index is 12.4. The molecule has 3 aromatic rings. The number of benzene rings is 1. The van der Waals surface area contributed by atoms with Crippen LogP contribution in [0.4, 0.5) is 19.0 Å². The molecule has 0 aliphatic carbocycles. The fourth-order valence-electron chi connectivity index (χ4n) is 3.66. The van der Waals surface area contributed by atoms with Gasteiger partial charge in [0.25, 0.3) is 0 Å². The van der Waals surface area contributed by atoms with Gasteiger partial charge >= 0.3 is 6.36 Å². The zero-order valence-corrected chi connectivity index (χ0v) is 22.3. The molecule has 0 bridgehead atoms. The number of nitrogens with one attached hydrogen (secondary N) is 1. The third-order valence-electron chi connectivity index (χ3n) is 6.36. The summed E-state index contributed by atoms with van der Waals surface area (Å²) in [6, 6.07) is 8.62. The minimum Gasteiger partial charge on any atom is -0.406 e. The average Bonchev–Trinajstić information content (AvgIpc) is 3.34. The number of unbranched alkanes of at least 4 members (excludes halogenated alkanes) is 1. The van der Waals surface area contributed by atoms with Crippen molar-refractivity contribution < 1.29 is 27.5 Å².